The quantitative estimate of drug-likeness (QED) is 0.488. The first-order valence-electron chi connectivity index (χ1n) is 3.51. The van der Waals surface area contributed by atoms with E-state index in [-0.39, 0.29) is 0 Å². The van der Waals surface area contributed by atoms with Crippen LogP contribution >= 0.6 is 11.8 Å². The van der Waals surface area contributed by atoms with Gasteiger partial charge < -0.3 is 0 Å². The summed E-state index contributed by atoms with van der Waals surface area (Å²) >= 11 is 2.10. The zero-order valence-electron chi connectivity index (χ0n) is 6.11. The van der Waals surface area contributed by atoms with Gasteiger partial charge in [-0.25, -0.2) is 0 Å². The smallest absolute Gasteiger partial charge is 0.00190 e. The van der Waals surface area contributed by atoms with E-state index >= 15 is 0 Å². The standard InChI is InChI=1S/C5H10S.C2H6/c1-5-3-2-4-6-5;1-2/h5H,2-4H2,1H3;1-2H3. The minimum absolute atomic E-state index is 0.963. The molecular weight excluding hydrogens is 116 g/mol. The van der Waals surface area contributed by atoms with E-state index in [0.717, 1.165) is 5.25 Å². The summed E-state index contributed by atoms with van der Waals surface area (Å²) in [5, 5.41) is 0.963. The van der Waals surface area contributed by atoms with Crippen LogP contribution in [0.3, 0.4) is 0 Å². The highest BCUT2D eigenvalue weighted by molar-refractivity contribution is 8.00. The molecule has 1 saturated heterocycles. The zero-order valence-corrected chi connectivity index (χ0v) is 6.92. The largest absolute Gasteiger partial charge is 0.159 e. The first kappa shape index (κ1) is 8.35. The van der Waals surface area contributed by atoms with Gasteiger partial charge in [-0.3, -0.25) is 0 Å². The maximum absolute atomic E-state index is 2.30. The van der Waals surface area contributed by atoms with Crippen LogP contribution in [0.15, 0.2) is 0 Å². The average molecular weight is 132 g/mol. The van der Waals surface area contributed by atoms with Gasteiger partial charge in [0.2, 0.25) is 0 Å². The molecule has 0 aromatic rings. The Morgan fingerprint density at radius 3 is 2.12 bits per heavy atom. The second kappa shape index (κ2) is 5.49. The predicted octanol–water partition coefficient (Wildman–Crippen LogP) is 2.93. The molecule has 1 aliphatic heterocycles. The summed E-state index contributed by atoms with van der Waals surface area (Å²) in [4.78, 5) is 0. The zero-order chi connectivity index (χ0) is 6.41. The molecule has 1 rings (SSSR count). The topological polar surface area (TPSA) is 0 Å². The van der Waals surface area contributed by atoms with Gasteiger partial charge in [-0.2, -0.15) is 11.8 Å². The van der Waals surface area contributed by atoms with Crippen LogP contribution in [0.2, 0.25) is 0 Å². The van der Waals surface area contributed by atoms with Crippen LogP contribution in [-0.4, -0.2) is 11.0 Å². The van der Waals surface area contributed by atoms with Gasteiger partial charge in [0.05, 0.1) is 0 Å². The van der Waals surface area contributed by atoms with Gasteiger partial charge in [0.15, 0.2) is 0 Å². The third kappa shape index (κ3) is 3.36. The molecule has 0 nitrogen and oxygen atoms in total. The van der Waals surface area contributed by atoms with Crippen molar-refractivity contribution in [3.63, 3.8) is 0 Å². The molecule has 1 aliphatic rings. The highest BCUT2D eigenvalue weighted by Gasteiger charge is 2.07. The van der Waals surface area contributed by atoms with Gasteiger partial charge >= 0.3 is 0 Å². The molecule has 1 unspecified atom stereocenters. The normalized spacial score (nSPS) is 26.6. The van der Waals surface area contributed by atoms with E-state index in [1.165, 1.54) is 18.6 Å². The molecular formula is C7H16S. The Morgan fingerprint density at radius 1 is 1.38 bits per heavy atom. The highest BCUT2D eigenvalue weighted by atomic mass is 32.2. The van der Waals surface area contributed by atoms with Crippen LogP contribution in [0.25, 0.3) is 0 Å². The summed E-state index contributed by atoms with van der Waals surface area (Å²) in [6, 6.07) is 0. The van der Waals surface area contributed by atoms with Gasteiger partial charge in [0, 0.05) is 5.25 Å². The molecule has 0 spiro atoms. The average Bonchev–Trinajstić information content (AvgIpc) is 2.24. The molecule has 0 aliphatic carbocycles. The summed E-state index contributed by atoms with van der Waals surface area (Å²) < 4.78 is 0. The van der Waals surface area contributed by atoms with E-state index in [0.29, 0.717) is 0 Å². The van der Waals surface area contributed by atoms with Gasteiger partial charge in [-0.1, -0.05) is 20.8 Å². The number of hydrogen-bond acceptors (Lipinski definition) is 1. The number of hydrogen-bond donors (Lipinski definition) is 0. The van der Waals surface area contributed by atoms with Crippen molar-refractivity contribution < 1.29 is 0 Å². The van der Waals surface area contributed by atoms with E-state index in [1.807, 2.05) is 13.8 Å². The molecule has 1 heterocycles. The second-order valence-electron chi connectivity index (χ2n) is 1.82. The van der Waals surface area contributed by atoms with Gasteiger partial charge in [-0.15, -0.1) is 0 Å². The Labute approximate surface area is 57.1 Å². The van der Waals surface area contributed by atoms with Crippen LogP contribution in [-0.2, 0) is 0 Å². The highest BCUT2D eigenvalue weighted by Crippen LogP contribution is 2.24. The van der Waals surface area contributed by atoms with Crippen molar-refractivity contribution in [2.24, 2.45) is 0 Å². The lowest BCUT2D eigenvalue weighted by atomic mass is 10.3. The summed E-state index contributed by atoms with van der Waals surface area (Å²) in [6.07, 6.45) is 2.90. The third-order valence-corrected chi connectivity index (χ3v) is 2.49. The SMILES string of the molecule is CC.CC1CCCS1. The Kier molecular flexibility index (Phi) is 5.73. The van der Waals surface area contributed by atoms with Gasteiger partial charge in [0.25, 0.3) is 0 Å². The molecule has 1 heteroatoms. The maximum Gasteiger partial charge on any atom is 0.00190 e. The minimum atomic E-state index is 0.963. The maximum atomic E-state index is 2.30. The van der Waals surface area contributed by atoms with Crippen molar-refractivity contribution in [2.45, 2.75) is 38.9 Å². The monoisotopic (exact) mass is 132 g/mol. The number of rotatable bonds is 0. The fraction of sp³-hybridized carbons (Fsp3) is 1.00. The first-order chi connectivity index (χ1) is 3.89. The van der Waals surface area contributed by atoms with E-state index in [4.69, 9.17) is 0 Å². The Bertz CT molecular complexity index is 37.7. The van der Waals surface area contributed by atoms with Crippen molar-refractivity contribution in [3.8, 4) is 0 Å². The predicted molar refractivity (Wildman–Crippen MR) is 42.5 cm³/mol. The van der Waals surface area contributed by atoms with E-state index in [2.05, 4.69) is 18.7 Å². The van der Waals surface area contributed by atoms with Crippen LogP contribution in [0.1, 0.15) is 33.6 Å². The molecule has 8 heavy (non-hydrogen) atoms. The molecule has 0 amide bonds. The molecule has 0 saturated carbocycles. The lowest BCUT2D eigenvalue weighted by Gasteiger charge is -1.91. The van der Waals surface area contributed by atoms with Crippen LogP contribution in [0.5, 0.6) is 0 Å². The molecule has 0 bridgehead atoms. The molecule has 0 aromatic heterocycles. The molecule has 0 N–H and O–H groups in total. The summed E-state index contributed by atoms with van der Waals surface area (Å²) in [6.45, 7) is 6.30. The molecule has 0 aromatic carbocycles. The third-order valence-electron chi connectivity index (χ3n) is 1.16. The second-order valence-corrected chi connectivity index (χ2v) is 3.37. The minimum Gasteiger partial charge on any atom is -0.159 e. The van der Waals surface area contributed by atoms with Crippen molar-refractivity contribution in [2.75, 3.05) is 5.75 Å². The van der Waals surface area contributed by atoms with E-state index in [9.17, 15) is 0 Å². The van der Waals surface area contributed by atoms with Gasteiger partial charge in [-0.05, 0) is 18.6 Å². The Balaban J connectivity index is 0.000000222. The summed E-state index contributed by atoms with van der Waals surface area (Å²) in [7, 11) is 0. The van der Waals surface area contributed by atoms with E-state index < -0.39 is 0 Å². The van der Waals surface area contributed by atoms with Crippen LogP contribution < -0.4 is 0 Å². The van der Waals surface area contributed by atoms with E-state index in [1.54, 1.807) is 0 Å². The summed E-state index contributed by atoms with van der Waals surface area (Å²) in [5.74, 6) is 1.40. The van der Waals surface area contributed by atoms with Gasteiger partial charge in [0.1, 0.15) is 0 Å². The Morgan fingerprint density at radius 2 is 2.00 bits per heavy atom. The first-order valence-corrected chi connectivity index (χ1v) is 4.56. The molecule has 0 radical (unpaired) electrons. The lowest BCUT2D eigenvalue weighted by Crippen LogP contribution is -1.82. The van der Waals surface area contributed by atoms with Crippen molar-refractivity contribution in [1.82, 2.24) is 0 Å². The number of thioether (sulfide) groups is 1. The molecule has 50 valence electrons. The molecule has 1 fully saturated rings. The van der Waals surface area contributed by atoms with Crippen molar-refractivity contribution in [3.05, 3.63) is 0 Å². The Hall–Kier alpha value is 0.350. The summed E-state index contributed by atoms with van der Waals surface area (Å²) in [5.41, 5.74) is 0. The fourth-order valence-electron chi connectivity index (χ4n) is 0.739. The van der Waals surface area contributed by atoms with Crippen LogP contribution in [0, 0.1) is 0 Å². The molecule has 1 atom stereocenters. The lowest BCUT2D eigenvalue weighted by molar-refractivity contribution is 0.838. The fourth-order valence-corrected chi connectivity index (χ4v) is 1.81. The van der Waals surface area contributed by atoms with Crippen molar-refractivity contribution in [1.29, 1.82) is 0 Å². The van der Waals surface area contributed by atoms with Crippen LogP contribution in [0.4, 0.5) is 0 Å². The van der Waals surface area contributed by atoms with Crippen molar-refractivity contribution >= 4 is 11.8 Å².